The van der Waals surface area contributed by atoms with Crippen molar-refractivity contribution in [1.82, 2.24) is 5.32 Å². The minimum absolute atomic E-state index is 0.450. The van der Waals surface area contributed by atoms with Crippen LogP contribution in [0, 0.1) is 0 Å². The van der Waals surface area contributed by atoms with Crippen LogP contribution in [0.5, 0.6) is 0 Å². The standard InChI is InChI=1S/C13H19NO2/c1-2-9-3-4-11(15-9)8-14-12-7-10-5-6-13(12)16-10/h3-4,10,12-14H,2,5-8H2,1H3. The lowest BCUT2D eigenvalue weighted by molar-refractivity contribution is 0.0970. The number of hydrogen-bond acceptors (Lipinski definition) is 3. The van der Waals surface area contributed by atoms with Gasteiger partial charge in [0.25, 0.3) is 0 Å². The summed E-state index contributed by atoms with van der Waals surface area (Å²) in [7, 11) is 0. The van der Waals surface area contributed by atoms with Crippen LogP contribution in [0.2, 0.25) is 0 Å². The molecule has 0 spiro atoms. The summed E-state index contributed by atoms with van der Waals surface area (Å²) in [6.07, 6.45) is 5.59. The van der Waals surface area contributed by atoms with Gasteiger partial charge in [0.15, 0.2) is 0 Å². The summed E-state index contributed by atoms with van der Waals surface area (Å²) >= 11 is 0. The van der Waals surface area contributed by atoms with Gasteiger partial charge in [0.2, 0.25) is 0 Å². The van der Waals surface area contributed by atoms with Crippen molar-refractivity contribution >= 4 is 0 Å². The first-order valence-electron chi connectivity index (χ1n) is 6.31. The highest BCUT2D eigenvalue weighted by Crippen LogP contribution is 2.34. The lowest BCUT2D eigenvalue weighted by atomic mass is 9.95. The highest BCUT2D eigenvalue weighted by molar-refractivity contribution is 5.07. The van der Waals surface area contributed by atoms with E-state index in [1.54, 1.807) is 0 Å². The number of ether oxygens (including phenoxy) is 1. The van der Waals surface area contributed by atoms with Crippen LogP contribution in [-0.2, 0) is 17.7 Å². The molecule has 3 atom stereocenters. The van der Waals surface area contributed by atoms with Gasteiger partial charge in [-0.15, -0.1) is 0 Å². The van der Waals surface area contributed by atoms with Crippen LogP contribution in [0.4, 0.5) is 0 Å². The van der Waals surface area contributed by atoms with E-state index < -0.39 is 0 Å². The maximum Gasteiger partial charge on any atom is 0.117 e. The second-order valence-corrected chi connectivity index (χ2v) is 4.82. The zero-order valence-corrected chi connectivity index (χ0v) is 9.74. The molecule has 3 nitrogen and oxygen atoms in total. The molecule has 0 aliphatic carbocycles. The van der Waals surface area contributed by atoms with Crippen molar-refractivity contribution in [3.8, 4) is 0 Å². The van der Waals surface area contributed by atoms with E-state index in [4.69, 9.17) is 9.15 Å². The fraction of sp³-hybridized carbons (Fsp3) is 0.692. The predicted molar refractivity (Wildman–Crippen MR) is 61.2 cm³/mol. The average molecular weight is 221 g/mol. The normalized spacial score (nSPS) is 32.4. The average Bonchev–Trinajstić information content (AvgIpc) is 3.02. The van der Waals surface area contributed by atoms with Gasteiger partial charge in [0.1, 0.15) is 11.5 Å². The quantitative estimate of drug-likeness (QED) is 0.846. The second kappa shape index (κ2) is 4.22. The Morgan fingerprint density at radius 1 is 1.31 bits per heavy atom. The molecule has 0 radical (unpaired) electrons. The van der Waals surface area contributed by atoms with Crippen molar-refractivity contribution in [1.29, 1.82) is 0 Å². The van der Waals surface area contributed by atoms with Gasteiger partial charge >= 0.3 is 0 Å². The molecule has 1 aromatic heterocycles. The van der Waals surface area contributed by atoms with Gasteiger partial charge in [-0.05, 0) is 31.4 Å². The SMILES string of the molecule is CCc1ccc(CNC2CC3CCC2O3)o1. The Hall–Kier alpha value is -0.800. The molecule has 2 fully saturated rings. The number of furan rings is 1. The van der Waals surface area contributed by atoms with Crippen molar-refractivity contribution in [2.45, 2.75) is 57.4 Å². The Bertz CT molecular complexity index is 361. The summed E-state index contributed by atoms with van der Waals surface area (Å²) in [6, 6.07) is 4.67. The maximum absolute atomic E-state index is 5.81. The number of hydrogen-bond donors (Lipinski definition) is 1. The van der Waals surface area contributed by atoms with Crippen molar-refractivity contribution in [2.75, 3.05) is 0 Å². The molecule has 0 saturated carbocycles. The highest BCUT2D eigenvalue weighted by Gasteiger charge is 2.40. The molecule has 2 saturated heterocycles. The smallest absolute Gasteiger partial charge is 0.117 e. The molecule has 2 aliphatic heterocycles. The minimum atomic E-state index is 0.450. The maximum atomic E-state index is 5.81. The van der Waals surface area contributed by atoms with E-state index in [9.17, 15) is 0 Å². The molecule has 1 N–H and O–H groups in total. The van der Waals surface area contributed by atoms with Gasteiger partial charge in [0, 0.05) is 12.5 Å². The van der Waals surface area contributed by atoms with Gasteiger partial charge < -0.3 is 14.5 Å². The summed E-state index contributed by atoms with van der Waals surface area (Å²) in [6.45, 7) is 2.94. The van der Waals surface area contributed by atoms with E-state index in [0.29, 0.717) is 18.2 Å². The van der Waals surface area contributed by atoms with Gasteiger partial charge in [-0.25, -0.2) is 0 Å². The molecule has 0 aromatic carbocycles. The van der Waals surface area contributed by atoms with Crippen molar-refractivity contribution < 1.29 is 9.15 Å². The van der Waals surface area contributed by atoms with Crippen LogP contribution in [-0.4, -0.2) is 18.2 Å². The molecule has 16 heavy (non-hydrogen) atoms. The molecule has 3 heteroatoms. The van der Waals surface area contributed by atoms with Crippen LogP contribution >= 0.6 is 0 Å². The molecule has 3 rings (SSSR count). The zero-order chi connectivity index (χ0) is 11.0. The molecule has 2 bridgehead atoms. The van der Waals surface area contributed by atoms with Crippen molar-refractivity contribution in [3.05, 3.63) is 23.7 Å². The lowest BCUT2D eigenvalue weighted by Crippen LogP contribution is -2.36. The minimum Gasteiger partial charge on any atom is -0.465 e. The van der Waals surface area contributed by atoms with E-state index in [0.717, 1.165) is 24.5 Å². The molecule has 88 valence electrons. The van der Waals surface area contributed by atoms with Gasteiger partial charge in [-0.3, -0.25) is 0 Å². The Morgan fingerprint density at radius 3 is 2.81 bits per heavy atom. The number of rotatable bonds is 4. The fourth-order valence-electron chi connectivity index (χ4n) is 2.79. The van der Waals surface area contributed by atoms with E-state index in [1.807, 2.05) is 0 Å². The summed E-state index contributed by atoms with van der Waals surface area (Å²) in [5.41, 5.74) is 0. The topological polar surface area (TPSA) is 34.4 Å². The summed E-state index contributed by atoms with van der Waals surface area (Å²) in [4.78, 5) is 0. The van der Waals surface area contributed by atoms with Crippen molar-refractivity contribution in [3.63, 3.8) is 0 Å². The Labute approximate surface area is 96.2 Å². The summed E-state index contributed by atoms with van der Waals surface area (Å²) < 4.78 is 11.5. The highest BCUT2D eigenvalue weighted by atomic mass is 16.5. The van der Waals surface area contributed by atoms with Crippen LogP contribution in [0.15, 0.2) is 16.5 Å². The van der Waals surface area contributed by atoms with E-state index in [-0.39, 0.29) is 0 Å². The summed E-state index contributed by atoms with van der Waals surface area (Å²) in [5, 5.41) is 3.55. The number of fused-ring (bicyclic) bond motifs is 2. The van der Waals surface area contributed by atoms with Crippen LogP contribution in [0.25, 0.3) is 0 Å². The van der Waals surface area contributed by atoms with Crippen molar-refractivity contribution in [2.24, 2.45) is 0 Å². The Balaban J connectivity index is 1.53. The molecule has 0 amide bonds. The third-order valence-corrected chi connectivity index (χ3v) is 3.71. The fourth-order valence-corrected chi connectivity index (χ4v) is 2.79. The summed E-state index contributed by atoms with van der Waals surface area (Å²) in [5.74, 6) is 2.11. The van der Waals surface area contributed by atoms with Crippen LogP contribution in [0.1, 0.15) is 37.7 Å². The monoisotopic (exact) mass is 221 g/mol. The zero-order valence-electron chi connectivity index (χ0n) is 9.74. The first-order chi connectivity index (χ1) is 7.85. The van der Waals surface area contributed by atoms with Crippen LogP contribution < -0.4 is 5.32 Å². The van der Waals surface area contributed by atoms with Gasteiger partial charge in [0.05, 0.1) is 18.8 Å². The Morgan fingerprint density at radius 2 is 2.19 bits per heavy atom. The third-order valence-electron chi connectivity index (χ3n) is 3.71. The van der Waals surface area contributed by atoms with E-state index >= 15 is 0 Å². The first-order valence-corrected chi connectivity index (χ1v) is 6.31. The number of nitrogens with one attached hydrogen (secondary N) is 1. The molecule has 3 unspecified atom stereocenters. The predicted octanol–water partition coefficient (Wildman–Crippen LogP) is 2.25. The Kier molecular flexibility index (Phi) is 2.74. The number of aryl methyl sites for hydroxylation is 1. The molecule has 1 aromatic rings. The third kappa shape index (κ3) is 1.89. The van der Waals surface area contributed by atoms with Gasteiger partial charge in [-0.1, -0.05) is 6.92 Å². The van der Waals surface area contributed by atoms with Crippen LogP contribution in [0.3, 0.4) is 0 Å². The van der Waals surface area contributed by atoms with Gasteiger partial charge in [-0.2, -0.15) is 0 Å². The van der Waals surface area contributed by atoms with E-state index in [1.165, 1.54) is 19.3 Å². The molecule has 2 aliphatic rings. The molecule has 3 heterocycles. The molecular weight excluding hydrogens is 202 g/mol. The largest absolute Gasteiger partial charge is 0.465 e. The lowest BCUT2D eigenvalue weighted by Gasteiger charge is -2.19. The second-order valence-electron chi connectivity index (χ2n) is 4.82. The molecular formula is C13H19NO2. The first kappa shape index (κ1) is 10.4. The van der Waals surface area contributed by atoms with E-state index in [2.05, 4.69) is 24.4 Å².